The summed E-state index contributed by atoms with van der Waals surface area (Å²) in [5.41, 5.74) is 0. The third kappa shape index (κ3) is 98.3. The first-order valence-corrected chi connectivity index (χ1v) is 4.89. The molecule has 0 amide bonds. The Morgan fingerprint density at radius 3 is 1.00 bits per heavy atom. The van der Waals surface area contributed by atoms with Crippen molar-refractivity contribution in [2.75, 3.05) is 0 Å². The van der Waals surface area contributed by atoms with E-state index in [1.165, 1.54) is 0 Å². The van der Waals surface area contributed by atoms with Crippen LogP contribution >= 0.6 is 0 Å². The van der Waals surface area contributed by atoms with E-state index in [2.05, 4.69) is 38.1 Å². The van der Waals surface area contributed by atoms with Crippen molar-refractivity contribution in [1.82, 2.24) is 5.32 Å². The second-order valence-corrected chi connectivity index (χ2v) is 2.57. The number of nitrogens with one attached hydrogen (secondary N) is 1. The minimum Gasteiger partial charge on any atom is -0.553 e. The van der Waals surface area contributed by atoms with Crippen molar-refractivity contribution < 1.29 is 70.2 Å². The predicted octanol–water partition coefficient (Wildman–Crippen LogP) is 3.65. The average Bonchev–Trinajstić information content (AvgIpc) is 2.24. The second-order valence-electron chi connectivity index (χ2n) is 2.57. The molecule has 2 nitrogen and oxygen atoms in total. The van der Waals surface area contributed by atoms with Crippen molar-refractivity contribution in [3.63, 3.8) is 0 Å². The Morgan fingerprint density at radius 2 is 1.00 bits per heavy atom. The summed E-state index contributed by atoms with van der Waals surface area (Å²) in [5.74, 6) is 0. The topological polar surface area (TPSA) is 21.3 Å². The van der Waals surface area contributed by atoms with Gasteiger partial charge >= 0.3 is 0 Å². The first kappa shape index (κ1) is 36.2. The van der Waals surface area contributed by atoms with Gasteiger partial charge in [-0.2, -0.15) is 13.8 Å². The molecule has 0 aromatic rings. The molecule has 0 heterocycles. The fourth-order valence-electron chi connectivity index (χ4n) is 0. The van der Waals surface area contributed by atoms with E-state index >= 15 is 0 Å². The third-order valence-electron chi connectivity index (χ3n) is 0.742. The summed E-state index contributed by atoms with van der Waals surface area (Å²) in [6.07, 6.45) is 0.273. The Hall–Kier alpha value is 2.13. The van der Waals surface area contributed by atoms with E-state index in [0.29, 0.717) is 6.04 Å². The third-order valence-corrected chi connectivity index (χ3v) is 0.742. The SMILES string of the molecule is [CH2-]C.[CH2-]C.[CH2-]NC(C)C.[CH2-]OC(C)C.[Y].[Y]. The molecule has 0 bridgehead atoms. The summed E-state index contributed by atoms with van der Waals surface area (Å²) >= 11 is 0. The van der Waals surface area contributed by atoms with Gasteiger partial charge in [0, 0.05) is 71.5 Å². The molecule has 0 aromatic heterocycles. The molecule has 0 aliphatic carbocycles. The predicted molar refractivity (Wildman–Crippen MR) is 67.3 cm³/mol. The average molecular weight is 381 g/mol. The minimum absolute atomic E-state index is 0. The van der Waals surface area contributed by atoms with Gasteiger partial charge in [0.2, 0.25) is 0 Å². The van der Waals surface area contributed by atoms with Crippen LogP contribution in [-0.2, 0) is 70.2 Å². The van der Waals surface area contributed by atoms with E-state index in [0.717, 1.165) is 0 Å². The number of ether oxygens (including phenoxy) is 1. The molecule has 0 fully saturated rings. The summed E-state index contributed by atoms with van der Waals surface area (Å²) in [4.78, 5) is 0. The normalized spacial score (nSPS) is 6.75. The standard InChI is InChI=1S/C4H10N.C4H9O.2C2H5.2Y/c2*1-4(2)5-3;2*1-2;;/h4-5H,3H2,1-2H3;4H,3H2,1-2H3;2*1H2,2H3;;/q4*-1;;. The van der Waals surface area contributed by atoms with Gasteiger partial charge in [-0.05, 0) is 19.9 Å². The van der Waals surface area contributed by atoms with Crippen LogP contribution in [0.4, 0.5) is 0 Å². The van der Waals surface area contributed by atoms with Gasteiger partial charge in [-0.3, -0.25) is 7.05 Å². The van der Waals surface area contributed by atoms with Crippen LogP contribution in [0.25, 0.3) is 0 Å². The van der Waals surface area contributed by atoms with Crippen molar-refractivity contribution in [2.24, 2.45) is 0 Å². The van der Waals surface area contributed by atoms with Crippen LogP contribution in [0.15, 0.2) is 0 Å². The van der Waals surface area contributed by atoms with E-state index in [1.807, 2.05) is 27.7 Å². The quantitative estimate of drug-likeness (QED) is 0.738. The molecule has 0 saturated heterocycles. The summed E-state index contributed by atoms with van der Waals surface area (Å²) in [6, 6.07) is 0.523. The molecule has 16 heavy (non-hydrogen) atoms. The number of hydrogen-bond donors (Lipinski definition) is 1. The largest absolute Gasteiger partial charge is 0.553 e. The Labute approximate surface area is 155 Å². The van der Waals surface area contributed by atoms with Gasteiger partial charge in [-0.25, -0.2) is 7.11 Å². The molecule has 98 valence electrons. The molecule has 0 spiro atoms. The van der Waals surface area contributed by atoms with Gasteiger partial charge < -0.3 is 23.9 Å². The summed E-state index contributed by atoms with van der Waals surface area (Å²) in [6.45, 7) is 18.0. The van der Waals surface area contributed by atoms with Gasteiger partial charge in [0.05, 0.1) is 0 Å². The van der Waals surface area contributed by atoms with E-state index in [-0.39, 0.29) is 71.5 Å². The Kier molecular flexibility index (Phi) is 98.1. The monoisotopic (exact) mass is 381 g/mol. The maximum atomic E-state index is 4.50. The van der Waals surface area contributed by atoms with Crippen LogP contribution in [0, 0.1) is 28.0 Å². The zero-order valence-corrected chi connectivity index (χ0v) is 17.7. The summed E-state index contributed by atoms with van der Waals surface area (Å²) in [7, 11) is 6.62. The van der Waals surface area contributed by atoms with Gasteiger partial charge in [0.25, 0.3) is 0 Å². The number of hydrogen-bond acceptors (Lipinski definition) is 2. The molecule has 4 heteroatoms. The molecule has 0 saturated carbocycles. The van der Waals surface area contributed by atoms with E-state index < -0.39 is 0 Å². The first-order valence-electron chi connectivity index (χ1n) is 4.89. The first-order chi connectivity index (χ1) is 6.54. The second kappa shape index (κ2) is 43.4. The van der Waals surface area contributed by atoms with Gasteiger partial charge in [-0.1, -0.05) is 13.8 Å². The number of rotatable bonds is 2. The molecule has 0 aliphatic rings. The molecule has 0 rings (SSSR count). The molecule has 1 N–H and O–H groups in total. The molecule has 0 unspecified atom stereocenters. The fourth-order valence-corrected chi connectivity index (χ4v) is 0. The fraction of sp³-hybridized carbons (Fsp3) is 0.667. The molecule has 0 aliphatic heterocycles. The molecule has 0 atom stereocenters. The molecule has 2 radical (unpaired) electrons. The maximum Gasteiger partial charge on any atom is 0.0170 e. The van der Waals surface area contributed by atoms with Crippen LogP contribution in [0.5, 0.6) is 0 Å². The van der Waals surface area contributed by atoms with Crippen LogP contribution < -0.4 is 5.32 Å². The van der Waals surface area contributed by atoms with Crippen molar-refractivity contribution in [3.8, 4) is 0 Å². The van der Waals surface area contributed by atoms with Crippen LogP contribution in [0.1, 0.15) is 41.5 Å². The van der Waals surface area contributed by atoms with E-state index in [4.69, 9.17) is 0 Å². The van der Waals surface area contributed by atoms with Gasteiger partial charge in [0.15, 0.2) is 0 Å². The Morgan fingerprint density at radius 1 is 0.875 bits per heavy atom. The molecular weight excluding hydrogens is 352 g/mol. The summed E-state index contributed by atoms with van der Waals surface area (Å²) in [5, 5.41) is 2.78. The Bertz CT molecular complexity index is 55.0. The van der Waals surface area contributed by atoms with E-state index in [1.54, 1.807) is 13.8 Å². The summed E-state index contributed by atoms with van der Waals surface area (Å²) < 4.78 is 4.50. The Balaban J connectivity index is -0.0000000218. The smallest absolute Gasteiger partial charge is 0.0170 e. The molecule has 0 aromatic carbocycles. The van der Waals surface area contributed by atoms with Crippen LogP contribution in [0.2, 0.25) is 0 Å². The van der Waals surface area contributed by atoms with Crippen molar-refractivity contribution >= 4 is 0 Å². The minimum atomic E-state index is 0. The maximum absolute atomic E-state index is 4.50. The zero-order valence-electron chi connectivity index (χ0n) is 12.0. The van der Waals surface area contributed by atoms with Gasteiger partial charge in [-0.15, -0.1) is 0 Å². The molecular formula is C12H29NOY2-4. The van der Waals surface area contributed by atoms with Crippen LogP contribution in [0.3, 0.4) is 0 Å². The zero-order chi connectivity index (χ0) is 12.6. The van der Waals surface area contributed by atoms with Crippen molar-refractivity contribution in [1.29, 1.82) is 0 Å². The van der Waals surface area contributed by atoms with Gasteiger partial charge in [0.1, 0.15) is 0 Å². The van der Waals surface area contributed by atoms with Crippen LogP contribution in [-0.4, -0.2) is 12.1 Å². The van der Waals surface area contributed by atoms with Crippen molar-refractivity contribution in [2.45, 2.75) is 53.7 Å². The van der Waals surface area contributed by atoms with Crippen molar-refractivity contribution in [3.05, 3.63) is 28.0 Å². The van der Waals surface area contributed by atoms with E-state index in [9.17, 15) is 0 Å².